The fourth-order valence-electron chi connectivity index (χ4n) is 2.69. The minimum absolute atomic E-state index is 0.0815. The average Bonchev–Trinajstić information content (AvgIpc) is 2.38. The summed E-state index contributed by atoms with van der Waals surface area (Å²) in [6, 6.07) is -0.119. The van der Waals surface area contributed by atoms with Crippen LogP contribution >= 0.6 is 0 Å². The third kappa shape index (κ3) is 6.33. The van der Waals surface area contributed by atoms with Crippen LogP contribution in [-0.2, 0) is 4.79 Å². The highest BCUT2D eigenvalue weighted by Crippen LogP contribution is 2.31. The molecule has 0 saturated carbocycles. The Morgan fingerprint density at radius 3 is 2.25 bits per heavy atom. The summed E-state index contributed by atoms with van der Waals surface area (Å²) in [5.74, 6) is 0.577. The molecule has 5 heteroatoms. The van der Waals surface area contributed by atoms with Gasteiger partial charge in [0.2, 0.25) is 5.91 Å². The Labute approximate surface area is 147 Å². The van der Waals surface area contributed by atoms with E-state index in [4.69, 9.17) is 0 Å². The van der Waals surface area contributed by atoms with Crippen molar-refractivity contribution in [1.29, 1.82) is 0 Å². The van der Waals surface area contributed by atoms with Crippen molar-refractivity contribution < 1.29 is 9.59 Å². The summed E-state index contributed by atoms with van der Waals surface area (Å²) >= 11 is 0. The quantitative estimate of drug-likeness (QED) is 0.806. The van der Waals surface area contributed by atoms with Crippen molar-refractivity contribution in [3.05, 3.63) is 0 Å². The summed E-state index contributed by atoms with van der Waals surface area (Å²) in [7, 11) is 0. The Bertz CT molecular complexity index is 452. The molecule has 0 aliphatic carbocycles. The van der Waals surface area contributed by atoms with Crippen molar-refractivity contribution in [3.8, 4) is 0 Å². The summed E-state index contributed by atoms with van der Waals surface area (Å²) in [4.78, 5) is 26.6. The second-order valence-corrected chi connectivity index (χ2v) is 9.50. The van der Waals surface area contributed by atoms with Gasteiger partial charge in [-0.3, -0.25) is 4.79 Å². The monoisotopic (exact) mass is 339 g/mol. The largest absolute Gasteiger partial charge is 0.341 e. The molecule has 0 aromatic heterocycles. The van der Waals surface area contributed by atoms with E-state index in [1.807, 2.05) is 11.8 Å². The minimum Gasteiger partial charge on any atom is -0.341 e. The van der Waals surface area contributed by atoms with Crippen LogP contribution in [0, 0.1) is 16.7 Å². The zero-order valence-corrected chi connectivity index (χ0v) is 16.8. The van der Waals surface area contributed by atoms with Gasteiger partial charge < -0.3 is 15.5 Å². The number of hydrogen-bond donors (Lipinski definition) is 2. The van der Waals surface area contributed by atoms with Crippen molar-refractivity contribution in [2.24, 2.45) is 16.7 Å². The van der Waals surface area contributed by atoms with Gasteiger partial charge in [0.15, 0.2) is 0 Å². The van der Waals surface area contributed by atoms with Crippen molar-refractivity contribution in [2.45, 2.75) is 80.3 Å². The Kier molecular flexibility index (Phi) is 6.71. The first-order chi connectivity index (χ1) is 10.8. The molecule has 0 spiro atoms. The predicted molar refractivity (Wildman–Crippen MR) is 98.8 cm³/mol. The molecule has 1 saturated heterocycles. The number of amides is 3. The van der Waals surface area contributed by atoms with Gasteiger partial charge in [-0.25, -0.2) is 4.79 Å². The molecule has 1 aliphatic heterocycles. The van der Waals surface area contributed by atoms with Crippen molar-refractivity contribution in [1.82, 2.24) is 15.5 Å². The maximum absolute atomic E-state index is 12.4. The molecule has 1 heterocycles. The molecule has 2 atom stereocenters. The number of nitrogens with zero attached hydrogens (tertiary/aromatic N) is 1. The van der Waals surface area contributed by atoms with Gasteiger partial charge in [0.25, 0.3) is 0 Å². The number of rotatable bonds is 5. The second kappa shape index (κ2) is 7.75. The predicted octanol–water partition coefficient (Wildman–Crippen LogP) is 3.39. The van der Waals surface area contributed by atoms with Gasteiger partial charge in [-0.2, -0.15) is 0 Å². The molecule has 1 fully saturated rings. The highest BCUT2D eigenvalue weighted by molar-refractivity contribution is 5.78. The van der Waals surface area contributed by atoms with Gasteiger partial charge in [-0.05, 0) is 30.1 Å². The third-order valence-corrected chi connectivity index (χ3v) is 5.15. The number of likely N-dealkylation sites (tertiary alicyclic amines) is 1. The number of nitrogens with one attached hydrogen (secondary N) is 2. The van der Waals surface area contributed by atoms with Crippen LogP contribution in [0.2, 0.25) is 0 Å². The van der Waals surface area contributed by atoms with Crippen LogP contribution in [0.1, 0.15) is 68.2 Å². The van der Waals surface area contributed by atoms with E-state index < -0.39 is 0 Å². The number of hydrogen-bond acceptors (Lipinski definition) is 2. The zero-order chi connectivity index (χ0) is 18.7. The van der Waals surface area contributed by atoms with Gasteiger partial charge in [0, 0.05) is 25.6 Å². The SMILES string of the molecule is CC(C)C(C)NC(=O)NC(CN1CCC(C)(C)CC1=O)C(C)(C)C. The fourth-order valence-corrected chi connectivity index (χ4v) is 2.69. The number of carbonyl (C=O) groups is 2. The maximum atomic E-state index is 12.4. The van der Waals surface area contributed by atoms with Crippen molar-refractivity contribution >= 4 is 11.9 Å². The molecular weight excluding hydrogens is 302 g/mol. The first kappa shape index (κ1) is 20.8. The first-order valence-corrected chi connectivity index (χ1v) is 9.16. The lowest BCUT2D eigenvalue weighted by Crippen LogP contribution is -2.56. The molecule has 0 aromatic carbocycles. The lowest BCUT2D eigenvalue weighted by atomic mass is 9.81. The average molecular weight is 340 g/mol. The Balaban J connectivity index is 2.70. The van der Waals surface area contributed by atoms with Crippen LogP contribution < -0.4 is 10.6 Å². The van der Waals surface area contributed by atoms with Gasteiger partial charge in [-0.15, -0.1) is 0 Å². The van der Waals surface area contributed by atoms with Gasteiger partial charge in [0.05, 0.1) is 6.04 Å². The summed E-state index contributed by atoms with van der Waals surface area (Å²) < 4.78 is 0. The van der Waals surface area contributed by atoms with Gasteiger partial charge in [0.1, 0.15) is 0 Å². The number of carbonyl (C=O) groups excluding carboxylic acids is 2. The van der Waals surface area contributed by atoms with E-state index in [9.17, 15) is 9.59 Å². The number of piperidine rings is 1. The zero-order valence-electron chi connectivity index (χ0n) is 16.8. The van der Waals surface area contributed by atoms with Gasteiger partial charge >= 0.3 is 6.03 Å². The highest BCUT2D eigenvalue weighted by atomic mass is 16.2. The first-order valence-electron chi connectivity index (χ1n) is 9.16. The van der Waals surface area contributed by atoms with E-state index in [-0.39, 0.29) is 34.9 Å². The van der Waals surface area contributed by atoms with Crippen LogP contribution in [0.3, 0.4) is 0 Å². The maximum Gasteiger partial charge on any atom is 0.315 e. The minimum atomic E-state index is -0.152. The molecule has 2 N–H and O–H groups in total. The van der Waals surface area contributed by atoms with Crippen LogP contribution in [-0.4, -0.2) is 42.0 Å². The van der Waals surface area contributed by atoms with E-state index in [2.05, 4.69) is 59.1 Å². The van der Waals surface area contributed by atoms with E-state index in [1.165, 1.54) is 0 Å². The van der Waals surface area contributed by atoms with Crippen LogP contribution in [0.15, 0.2) is 0 Å². The standard InChI is InChI=1S/C19H37N3O2/c1-13(2)14(3)20-17(24)21-15(18(4,5)6)12-22-10-9-19(7,8)11-16(22)23/h13-15H,9-12H2,1-8H3,(H2,20,21,24). The molecule has 3 amide bonds. The topological polar surface area (TPSA) is 61.4 Å². The lowest BCUT2D eigenvalue weighted by molar-refractivity contribution is -0.137. The van der Waals surface area contributed by atoms with Crippen LogP contribution in [0.4, 0.5) is 4.79 Å². The van der Waals surface area contributed by atoms with E-state index in [1.54, 1.807) is 0 Å². The molecule has 1 rings (SSSR count). The highest BCUT2D eigenvalue weighted by Gasteiger charge is 2.35. The molecular formula is C19H37N3O2. The summed E-state index contributed by atoms with van der Waals surface area (Å²) in [5.41, 5.74) is -0.0338. The molecule has 2 unspecified atom stereocenters. The Morgan fingerprint density at radius 2 is 1.79 bits per heavy atom. The van der Waals surface area contributed by atoms with Gasteiger partial charge in [-0.1, -0.05) is 48.5 Å². The summed E-state index contributed by atoms with van der Waals surface area (Å²) in [6.45, 7) is 18.1. The van der Waals surface area contributed by atoms with E-state index in [0.29, 0.717) is 18.9 Å². The molecule has 24 heavy (non-hydrogen) atoms. The molecule has 5 nitrogen and oxygen atoms in total. The summed E-state index contributed by atoms with van der Waals surface area (Å²) in [6.07, 6.45) is 1.59. The smallest absolute Gasteiger partial charge is 0.315 e. The third-order valence-electron chi connectivity index (χ3n) is 5.15. The lowest BCUT2D eigenvalue weighted by Gasteiger charge is -2.41. The van der Waals surface area contributed by atoms with E-state index in [0.717, 1.165) is 13.0 Å². The molecule has 140 valence electrons. The normalized spacial score (nSPS) is 20.7. The fraction of sp³-hybridized carbons (Fsp3) is 0.895. The molecule has 0 aromatic rings. The summed E-state index contributed by atoms with van der Waals surface area (Å²) in [5, 5.41) is 6.08. The Morgan fingerprint density at radius 1 is 1.21 bits per heavy atom. The van der Waals surface area contributed by atoms with Crippen molar-refractivity contribution in [2.75, 3.05) is 13.1 Å². The second-order valence-electron chi connectivity index (χ2n) is 9.50. The number of urea groups is 1. The van der Waals surface area contributed by atoms with Crippen molar-refractivity contribution in [3.63, 3.8) is 0 Å². The molecule has 0 bridgehead atoms. The van der Waals surface area contributed by atoms with Crippen LogP contribution in [0.25, 0.3) is 0 Å². The Hall–Kier alpha value is -1.26. The van der Waals surface area contributed by atoms with Crippen LogP contribution in [0.5, 0.6) is 0 Å². The molecule has 1 aliphatic rings. The molecule has 0 radical (unpaired) electrons. The van der Waals surface area contributed by atoms with E-state index >= 15 is 0 Å².